The molecule has 1 aromatic carbocycles. The number of amides is 1. The van der Waals surface area contributed by atoms with Gasteiger partial charge in [-0.2, -0.15) is 5.10 Å². The van der Waals surface area contributed by atoms with Crippen molar-refractivity contribution in [2.75, 3.05) is 11.4 Å². The number of halogens is 1. The van der Waals surface area contributed by atoms with Crippen LogP contribution in [0.1, 0.15) is 49.2 Å². The Morgan fingerprint density at radius 2 is 2.15 bits per heavy atom. The summed E-state index contributed by atoms with van der Waals surface area (Å²) in [6, 6.07) is 3.17. The molecule has 27 heavy (non-hydrogen) atoms. The fourth-order valence-corrected chi connectivity index (χ4v) is 4.06. The molecule has 6 heteroatoms. The molecule has 2 aliphatic carbocycles. The Kier molecular flexibility index (Phi) is 4.58. The van der Waals surface area contributed by atoms with E-state index in [1.165, 1.54) is 28.6 Å². The maximum atomic E-state index is 14.5. The smallest absolute Gasteiger partial charge is 0.214 e. The van der Waals surface area contributed by atoms with Gasteiger partial charge in [0.15, 0.2) is 0 Å². The van der Waals surface area contributed by atoms with Crippen molar-refractivity contribution in [1.82, 2.24) is 10.2 Å². The lowest BCUT2D eigenvalue weighted by atomic mass is 9.94. The first-order valence-electron chi connectivity index (χ1n) is 9.71. The van der Waals surface area contributed by atoms with Crippen molar-refractivity contribution in [2.24, 2.45) is 16.8 Å². The summed E-state index contributed by atoms with van der Waals surface area (Å²) >= 11 is 0. The fraction of sp³-hybridized carbons (Fsp3) is 0.476. The van der Waals surface area contributed by atoms with Crippen molar-refractivity contribution >= 4 is 23.5 Å². The van der Waals surface area contributed by atoms with E-state index in [0.717, 1.165) is 36.1 Å². The second-order valence-corrected chi connectivity index (χ2v) is 7.57. The van der Waals surface area contributed by atoms with Crippen LogP contribution in [0, 0.1) is 24.6 Å². The molecule has 2 aliphatic rings. The van der Waals surface area contributed by atoms with Crippen LogP contribution in [0.5, 0.6) is 0 Å². The van der Waals surface area contributed by atoms with Crippen LogP contribution in [-0.4, -0.2) is 28.9 Å². The highest BCUT2D eigenvalue weighted by Gasteiger charge is 2.42. The maximum Gasteiger partial charge on any atom is 0.214 e. The van der Waals surface area contributed by atoms with Crippen molar-refractivity contribution in [3.05, 3.63) is 40.5 Å². The Hall–Kier alpha value is -2.50. The summed E-state index contributed by atoms with van der Waals surface area (Å²) in [4.78, 5) is 17.5. The number of nitrogens with zero attached hydrogens (tertiary/aromatic N) is 3. The average molecular weight is 368 g/mol. The number of anilines is 1. The third-order valence-corrected chi connectivity index (χ3v) is 5.92. The standard InChI is InChI=1S/C21H25FN4O/c1-4-18(21-16-7-13-6-14(13)8-20(16)24-25-21)23-19-10-15(26(5-2)11-27)9-17(22)12(19)3/h9-11,13-14H,4-8H2,1-3H3,(H,24,25)/b23-18+. The van der Waals surface area contributed by atoms with Gasteiger partial charge in [-0.05, 0) is 63.5 Å². The van der Waals surface area contributed by atoms with E-state index in [0.29, 0.717) is 36.3 Å². The van der Waals surface area contributed by atoms with E-state index in [1.807, 2.05) is 13.8 Å². The number of benzene rings is 1. The van der Waals surface area contributed by atoms with Crippen LogP contribution < -0.4 is 4.90 Å². The number of carbonyl (C=O) groups is 1. The number of fused-ring (bicyclic) bond motifs is 2. The lowest BCUT2D eigenvalue weighted by molar-refractivity contribution is -0.107. The topological polar surface area (TPSA) is 61.4 Å². The van der Waals surface area contributed by atoms with Crippen LogP contribution >= 0.6 is 0 Å². The highest BCUT2D eigenvalue weighted by Crippen LogP contribution is 2.48. The van der Waals surface area contributed by atoms with Crippen LogP contribution in [0.2, 0.25) is 0 Å². The Morgan fingerprint density at radius 3 is 2.85 bits per heavy atom. The molecule has 1 amide bonds. The molecule has 1 N–H and O–H groups in total. The van der Waals surface area contributed by atoms with Crippen molar-refractivity contribution in [3.63, 3.8) is 0 Å². The summed E-state index contributed by atoms with van der Waals surface area (Å²) < 4.78 is 14.5. The van der Waals surface area contributed by atoms with Gasteiger partial charge in [0.2, 0.25) is 6.41 Å². The number of nitrogens with one attached hydrogen (secondary N) is 1. The van der Waals surface area contributed by atoms with Crippen molar-refractivity contribution in [3.8, 4) is 0 Å². The van der Waals surface area contributed by atoms with Crippen LogP contribution in [0.4, 0.5) is 15.8 Å². The molecular formula is C21H25FN4O. The molecule has 0 spiro atoms. The molecule has 1 saturated carbocycles. The predicted molar refractivity (Wildman–Crippen MR) is 104 cm³/mol. The van der Waals surface area contributed by atoms with Gasteiger partial charge in [-0.1, -0.05) is 6.92 Å². The number of aromatic nitrogens is 2. The molecule has 1 fully saturated rings. The van der Waals surface area contributed by atoms with Crippen molar-refractivity contribution < 1.29 is 9.18 Å². The van der Waals surface area contributed by atoms with E-state index in [9.17, 15) is 9.18 Å². The third kappa shape index (κ3) is 3.17. The summed E-state index contributed by atoms with van der Waals surface area (Å²) in [5.41, 5.74) is 5.87. The highest BCUT2D eigenvalue weighted by molar-refractivity contribution is 6.02. The van der Waals surface area contributed by atoms with E-state index in [-0.39, 0.29) is 5.82 Å². The van der Waals surface area contributed by atoms with Gasteiger partial charge in [0.25, 0.3) is 0 Å². The van der Waals surface area contributed by atoms with Gasteiger partial charge in [-0.15, -0.1) is 0 Å². The first kappa shape index (κ1) is 17.9. The number of hydrogen-bond acceptors (Lipinski definition) is 3. The van der Waals surface area contributed by atoms with Gasteiger partial charge in [0.05, 0.1) is 11.4 Å². The van der Waals surface area contributed by atoms with E-state index >= 15 is 0 Å². The predicted octanol–water partition coefficient (Wildman–Crippen LogP) is 4.11. The van der Waals surface area contributed by atoms with Crippen molar-refractivity contribution in [2.45, 2.75) is 46.5 Å². The zero-order valence-corrected chi connectivity index (χ0v) is 16.1. The molecule has 142 valence electrons. The normalized spacial score (nSPS) is 20.8. The summed E-state index contributed by atoms with van der Waals surface area (Å²) in [6.07, 6.45) is 4.88. The van der Waals surface area contributed by atoms with Gasteiger partial charge in [-0.25, -0.2) is 4.39 Å². The Balaban J connectivity index is 1.75. The van der Waals surface area contributed by atoms with Crippen LogP contribution in [0.15, 0.2) is 17.1 Å². The van der Waals surface area contributed by atoms with Gasteiger partial charge in [0.1, 0.15) is 11.5 Å². The van der Waals surface area contributed by atoms with E-state index in [1.54, 1.807) is 13.0 Å². The first-order chi connectivity index (χ1) is 13.0. The monoisotopic (exact) mass is 368 g/mol. The second-order valence-electron chi connectivity index (χ2n) is 7.57. The summed E-state index contributed by atoms with van der Waals surface area (Å²) in [6.45, 7) is 6.10. The minimum absolute atomic E-state index is 0.355. The van der Waals surface area contributed by atoms with Crippen LogP contribution in [-0.2, 0) is 17.6 Å². The molecule has 0 saturated heterocycles. The summed E-state index contributed by atoms with van der Waals surface area (Å²) in [7, 11) is 0. The van der Waals surface area contributed by atoms with Gasteiger partial charge in [0, 0.05) is 29.1 Å². The van der Waals surface area contributed by atoms with Gasteiger partial charge in [-0.3, -0.25) is 14.9 Å². The third-order valence-electron chi connectivity index (χ3n) is 5.92. The molecule has 2 unspecified atom stereocenters. The molecule has 1 heterocycles. The largest absolute Gasteiger partial charge is 0.315 e. The number of rotatable bonds is 6. The minimum atomic E-state index is -0.355. The average Bonchev–Trinajstić information content (AvgIpc) is 3.32. The summed E-state index contributed by atoms with van der Waals surface area (Å²) in [5.74, 6) is 1.26. The van der Waals surface area contributed by atoms with E-state index in [4.69, 9.17) is 4.99 Å². The SMILES string of the molecule is CC/C(=N\c1cc(N(C=O)CC)cc(F)c1C)c1n[nH]c2c1CC1CC1C2. The molecule has 4 rings (SSSR count). The molecule has 0 bridgehead atoms. The molecule has 5 nitrogen and oxygen atoms in total. The molecule has 0 radical (unpaired) electrons. The van der Waals surface area contributed by atoms with Gasteiger partial charge >= 0.3 is 0 Å². The number of carbonyl (C=O) groups excluding carboxylic acids is 1. The quantitative estimate of drug-likeness (QED) is 0.616. The molecule has 1 aromatic heterocycles. The number of aliphatic imine (C=N–C) groups is 1. The lowest BCUT2D eigenvalue weighted by Gasteiger charge is -2.17. The molecule has 0 aliphatic heterocycles. The van der Waals surface area contributed by atoms with E-state index < -0.39 is 0 Å². The second kappa shape index (κ2) is 6.91. The number of H-pyrrole nitrogens is 1. The molecule has 2 atom stereocenters. The van der Waals surface area contributed by atoms with Gasteiger partial charge < -0.3 is 4.90 Å². The Labute approximate surface area is 158 Å². The zero-order chi connectivity index (χ0) is 19.1. The Bertz CT molecular complexity index is 917. The number of aromatic amines is 1. The molecule has 2 aromatic rings. The van der Waals surface area contributed by atoms with Crippen LogP contribution in [0.25, 0.3) is 0 Å². The minimum Gasteiger partial charge on any atom is -0.315 e. The highest BCUT2D eigenvalue weighted by atomic mass is 19.1. The van der Waals surface area contributed by atoms with Crippen LogP contribution in [0.3, 0.4) is 0 Å². The fourth-order valence-electron chi connectivity index (χ4n) is 4.06. The Morgan fingerprint density at radius 1 is 1.37 bits per heavy atom. The van der Waals surface area contributed by atoms with Crippen molar-refractivity contribution in [1.29, 1.82) is 0 Å². The summed E-state index contributed by atoms with van der Waals surface area (Å²) in [5, 5.41) is 7.74. The number of hydrogen-bond donors (Lipinski definition) is 1. The first-order valence-corrected chi connectivity index (χ1v) is 9.71. The lowest BCUT2D eigenvalue weighted by Crippen LogP contribution is -2.20. The maximum absolute atomic E-state index is 14.5. The molecular weight excluding hydrogens is 343 g/mol. The zero-order valence-electron chi connectivity index (χ0n) is 16.1. The van der Waals surface area contributed by atoms with E-state index in [2.05, 4.69) is 10.2 Å².